The third-order valence-corrected chi connectivity index (χ3v) is 3.57. The molecule has 0 bridgehead atoms. The maximum Gasteiger partial charge on any atom is 0.234 e. The molecule has 0 radical (unpaired) electrons. The van der Waals surface area contributed by atoms with Gasteiger partial charge in [0.2, 0.25) is 5.91 Å². The second-order valence-electron chi connectivity index (χ2n) is 2.89. The van der Waals surface area contributed by atoms with Crippen molar-refractivity contribution in [1.29, 1.82) is 0 Å². The van der Waals surface area contributed by atoms with Gasteiger partial charge in [-0.3, -0.25) is 4.79 Å². The SMILES string of the molecule is CCS(=O)(=O)CCCC(N)C(N)=O. The number of primary amides is 1. The van der Waals surface area contributed by atoms with Gasteiger partial charge in [-0.25, -0.2) is 8.42 Å². The number of hydrogen-bond donors (Lipinski definition) is 2. The van der Waals surface area contributed by atoms with Crippen LogP contribution >= 0.6 is 0 Å². The smallest absolute Gasteiger partial charge is 0.234 e. The van der Waals surface area contributed by atoms with Crippen LogP contribution in [0.3, 0.4) is 0 Å². The lowest BCUT2D eigenvalue weighted by molar-refractivity contribution is -0.119. The molecule has 78 valence electrons. The van der Waals surface area contributed by atoms with Gasteiger partial charge < -0.3 is 11.5 Å². The van der Waals surface area contributed by atoms with Gasteiger partial charge in [0.15, 0.2) is 0 Å². The molecule has 5 nitrogen and oxygen atoms in total. The summed E-state index contributed by atoms with van der Waals surface area (Å²) in [6, 6.07) is -0.730. The monoisotopic (exact) mass is 208 g/mol. The first-order valence-corrected chi connectivity index (χ1v) is 5.96. The molecule has 0 rings (SSSR count). The second-order valence-corrected chi connectivity index (χ2v) is 5.36. The molecular formula is C7H16N2O3S. The van der Waals surface area contributed by atoms with Crippen molar-refractivity contribution in [1.82, 2.24) is 0 Å². The zero-order valence-electron chi connectivity index (χ0n) is 7.69. The Morgan fingerprint density at radius 1 is 1.46 bits per heavy atom. The van der Waals surface area contributed by atoms with Crippen molar-refractivity contribution in [2.45, 2.75) is 25.8 Å². The molecule has 1 atom stereocenters. The zero-order valence-corrected chi connectivity index (χ0v) is 8.51. The van der Waals surface area contributed by atoms with E-state index in [2.05, 4.69) is 0 Å². The lowest BCUT2D eigenvalue weighted by Gasteiger charge is -2.06. The third kappa shape index (κ3) is 5.59. The molecule has 0 heterocycles. The van der Waals surface area contributed by atoms with Crippen LogP contribution in [0, 0.1) is 0 Å². The van der Waals surface area contributed by atoms with Crippen LogP contribution in [0.2, 0.25) is 0 Å². The van der Waals surface area contributed by atoms with Crippen molar-refractivity contribution in [2.75, 3.05) is 11.5 Å². The molecule has 1 unspecified atom stereocenters. The number of amides is 1. The van der Waals surface area contributed by atoms with E-state index < -0.39 is 21.8 Å². The first-order chi connectivity index (χ1) is 5.89. The molecule has 0 spiro atoms. The molecule has 0 aromatic carbocycles. The lowest BCUT2D eigenvalue weighted by Crippen LogP contribution is -2.36. The highest BCUT2D eigenvalue weighted by molar-refractivity contribution is 7.91. The fraction of sp³-hybridized carbons (Fsp3) is 0.857. The molecule has 13 heavy (non-hydrogen) atoms. The van der Waals surface area contributed by atoms with Gasteiger partial charge in [-0.05, 0) is 12.8 Å². The Morgan fingerprint density at radius 3 is 2.38 bits per heavy atom. The summed E-state index contributed by atoms with van der Waals surface area (Å²) in [5.74, 6) is -0.391. The zero-order chi connectivity index (χ0) is 10.5. The van der Waals surface area contributed by atoms with Crippen molar-refractivity contribution >= 4 is 15.7 Å². The average molecular weight is 208 g/mol. The van der Waals surface area contributed by atoms with Crippen LogP contribution in [-0.4, -0.2) is 31.9 Å². The lowest BCUT2D eigenvalue weighted by atomic mass is 10.2. The fourth-order valence-corrected chi connectivity index (χ4v) is 1.70. The highest BCUT2D eigenvalue weighted by atomic mass is 32.2. The predicted molar refractivity (Wildman–Crippen MR) is 50.7 cm³/mol. The van der Waals surface area contributed by atoms with Gasteiger partial charge in [-0.1, -0.05) is 6.92 Å². The summed E-state index contributed by atoms with van der Waals surface area (Å²) in [6.07, 6.45) is 0.717. The summed E-state index contributed by atoms with van der Waals surface area (Å²) in [6.45, 7) is 1.59. The minimum atomic E-state index is -2.95. The van der Waals surface area contributed by atoms with Crippen molar-refractivity contribution < 1.29 is 13.2 Å². The molecule has 0 saturated heterocycles. The number of rotatable bonds is 6. The highest BCUT2D eigenvalue weighted by Gasteiger charge is 2.12. The average Bonchev–Trinajstić information content (AvgIpc) is 2.04. The number of carbonyl (C=O) groups is 1. The van der Waals surface area contributed by atoms with Crippen LogP contribution in [0.4, 0.5) is 0 Å². The van der Waals surface area contributed by atoms with Crippen molar-refractivity contribution in [2.24, 2.45) is 11.5 Å². The Bertz CT molecular complexity index is 261. The minimum absolute atomic E-state index is 0.0739. The van der Waals surface area contributed by atoms with Gasteiger partial charge in [0, 0.05) is 5.75 Å². The topological polar surface area (TPSA) is 103 Å². The Hall–Kier alpha value is -0.620. The standard InChI is InChI=1S/C7H16N2O3S/c1-2-13(11,12)5-3-4-6(8)7(9)10/h6H,2-5,8H2,1H3,(H2,9,10). The summed E-state index contributed by atoms with van der Waals surface area (Å²) < 4.78 is 22.0. The van der Waals surface area contributed by atoms with Crippen LogP contribution in [-0.2, 0) is 14.6 Å². The van der Waals surface area contributed by atoms with E-state index in [4.69, 9.17) is 11.5 Å². The van der Waals surface area contributed by atoms with Crippen LogP contribution in [0.15, 0.2) is 0 Å². The number of nitrogens with two attached hydrogens (primary N) is 2. The fourth-order valence-electron chi connectivity index (χ4n) is 0.810. The van der Waals surface area contributed by atoms with Crippen LogP contribution in [0.5, 0.6) is 0 Å². The van der Waals surface area contributed by atoms with Gasteiger partial charge in [-0.15, -0.1) is 0 Å². The molecule has 0 aromatic rings. The van der Waals surface area contributed by atoms with E-state index >= 15 is 0 Å². The summed E-state index contributed by atoms with van der Waals surface area (Å²) in [5, 5.41) is 0. The summed E-state index contributed by atoms with van der Waals surface area (Å²) >= 11 is 0. The highest BCUT2D eigenvalue weighted by Crippen LogP contribution is 1.99. The molecule has 0 saturated carbocycles. The summed E-state index contributed by atoms with van der Waals surface area (Å²) in [4.78, 5) is 10.5. The molecule has 6 heteroatoms. The third-order valence-electron chi connectivity index (χ3n) is 1.78. The van der Waals surface area contributed by atoms with Gasteiger partial charge in [0.05, 0.1) is 11.8 Å². The van der Waals surface area contributed by atoms with E-state index in [1.54, 1.807) is 6.92 Å². The molecule has 4 N–H and O–H groups in total. The second kappa shape index (κ2) is 5.18. The molecule has 0 aliphatic carbocycles. The maximum atomic E-state index is 11.0. The van der Waals surface area contributed by atoms with Gasteiger partial charge in [-0.2, -0.15) is 0 Å². The molecule has 0 aliphatic rings. The molecule has 0 aromatic heterocycles. The normalized spacial score (nSPS) is 14.0. The van der Waals surface area contributed by atoms with E-state index in [9.17, 15) is 13.2 Å². The van der Waals surface area contributed by atoms with E-state index in [-0.39, 0.29) is 11.5 Å². The van der Waals surface area contributed by atoms with Gasteiger partial charge in [0.25, 0.3) is 0 Å². The van der Waals surface area contributed by atoms with Gasteiger partial charge in [0.1, 0.15) is 9.84 Å². The van der Waals surface area contributed by atoms with Crippen molar-refractivity contribution in [3.63, 3.8) is 0 Å². The predicted octanol–water partition coefficient (Wildman–Crippen LogP) is -0.986. The molecule has 1 amide bonds. The summed E-state index contributed by atoms with van der Waals surface area (Å²) in [5.41, 5.74) is 10.2. The minimum Gasteiger partial charge on any atom is -0.368 e. The quantitative estimate of drug-likeness (QED) is 0.585. The Balaban J connectivity index is 3.75. The van der Waals surface area contributed by atoms with Crippen LogP contribution in [0.1, 0.15) is 19.8 Å². The molecule has 0 fully saturated rings. The van der Waals surface area contributed by atoms with Crippen molar-refractivity contribution in [3.8, 4) is 0 Å². The van der Waals surface area contributed by atoms with Crippen LogP contribution < -0.4 is 11.5 Å². The Morgan fingerprint density at radius 2 is 2.00 bits per heavy atom. The number of sulfone groups is 1. The van der Waals surface area contributed by atoms with E-state index in [0.29, 0.717) is 12.8 Å². The Labute approximate surface area is 78.4 Å². The number of hydrogen-bond acceptors (Lipinski definition) is 4. The first-order valence-electron chi connectivity index (χ1n) is 4.14. The van der Waals surface area contributed by atoms with E-state index in [1.165, 1.54) is 0 Å². The molecular weight excluding hydrogens is 192 g/mol. The molecule has 0 aliphatic heterocycles. The summed E-state index contributed by atoms with van der Waals surface area (Å²) in [7, 11) is -2.95. The van der Waals surface area contributed by atoms with E-state index in [1.807, 2.05) is 0 Å². The first kappa shape index (κ1) is 12.4. The van der Waals surface area contributed by atoms with Crippen molar-refractivity contribution in [3.05, 3.63) is 0 Å². The van der Waals surface area contributed by atoms with E-state index in [0.717, 1.165) is 0 Å². The van der Waals surface area contributed by atoms with Crippen LogP contribution in [0.25, 0.3) is 0 Å². The van der Waals surface area contributed by atoms with Gasteiger partial charge >= 0.3 is 0 Å². The Kier molecular flexibility index (Phi) is 4.94. The largest absolute Gasteiger partial charge is 0.368 e. The maximum absolute atomic E-state index is 11.0. The number of carbonyl (C=O) groups excluding carboxylic acids is 1.